The lowest BCUT2D eigenvalue weighted by atomic mass is 9.98. The number of rotatable bonds is 5. The monoisotopic (exact) mass is 429 g/mol. The van der Waals surface area contributed by atoms with Gasteiger partial charge in [0.15, 0.2) is 0 Å². The molecule has 31 heavy (non-hydrogen) atoms. The molecule has 0 aliphatic carbocycles. The highest BCUT2D eigenvalue weighted by atomic mass is 19.1. The van der Waals surface area contributed by atoms with Gasteiger partial charge in [0.25, 0.3) is 11.8 Å². The molecule has 2 aromatic carbocycles. The number of fused-ring (bicyclic) bond motifs is 1. The van der Waals surface area contributed by atoms with E-state index in [9.17, 15) is 34.0 Å². The molecule has 3 rings (SSSR count). The highest BCUT2D eigenvalue weighted by molar-refractivity contribution is 6.23. The Kier molecular flexibility index (Phi) is 5.60. The van der Waals surface area contributed by atoms with Crippen LogP contribution < -0.4 is 5.32 Å². The van der Waals surface area contributed by atoms with Crippen LogP contribution in [0.4, 0.5) is 10.1 Å². The molecule has 0 radical (unpaired) electrons. The number of aliphatic hydroxyl groups is 1. The Morgan fingerprint density at radius 3 is 2.13 bits per heavy atom. The second-order valence-electron chi connectivity index (χ2n) is 8.12. The molecule has 1 heterocycles. The van der Waals surface area contributed by atoms with Gasteiger partial charge in [-0.2, -0.15) is 4.39 Å². The number of amides is 3. The zero-order chi connectivity index (χ0) is 23.1. The maximum Gasteiger partial charge on any atom is 0.304 e. The molecule has 0 spiro atoms. The summed E-state index contributed by atoms with van der Waals surface area (Å²) in [4.78, 5) is 49.4. The number of nitrogens with zero attached hydrogens (tertiary/aromatic N) is 2. The zero-order valence-electron chi connectivity index (χ0n) is 17.0. The van der Waals surface area contributed by atoms with Crippen LogP contribution in [0.2, 0.25) is 0 Å². The highest BCUT2D eigenvalue weighted by Gasteiger charge is 2.46. The Labute approximate surface area is 176 Å². The van der Waals surface area contributed by atoms with Crippen LogP contribution in [0.25, 0.3) is 0 Å². The van der Waals surface area contributed by atoms with Crippen LogP contribution >= 0.6 is 0 Å². The Morgan fingerprint density at radius 1 is 1.13 bits per heavy atom. The van der Waals surface area contributed by atoms with Crippen molar-refractivity contribution in [2.75, 3.05) is 0 Å². The van der Waals surface area contributed by atoms with Crippen LogP contribution in [0.5, 0.6) is 0 Å². The van der Waals surface area contributed by atoms with E-state index in [1.165, 1.54) is 12.1 Å². The van der Waals surface area contributed by atoms with E-state index in [0.29, 0.717) is 11.0 Å². The lowest BCUT2D eigenvalue weighted by Gasteiger charge is -2.32. The average Bonchev–Trinajstić information content (AvgIpc) is 2.92. The molecule has 1 aliphatic heterocycles. The number of hydrogen-bond acceptors (Lipinski definition) is 6. The van der Waals surface area contributed by atoms with Gasteiger partial charge in [-0.25, -0.2) is 0 Å². The van der Waals surface area contributed by atoms with Crippen LogP contribution in [0.1, 0.15) is 53.2 Å². The lowest BCUT2D eigenvalue weighted by Crippen LogP contribution is -2.56. The SMILES string of the molecule is CC(C)(C)NC(=O)[C@H]([C@H](O)c1ccc([N+](=O)[O-])c(F)c1)N1C(=O)c2ccccc2C1=O. The second kappa shape index (κ2) is 7.88. The van der Waals surface area contributed by atoms with Crippen molar-refractivity contribution in [3.05, 3.63) is 75.1 Å². The van der Waals surface area contributed by atoms with Gasteiger partial charge in [0, 0.05) is 11.6 Å². The Morgan fingerprint density at radius 2 is 1.68 bits per heavy atom. The van der Waals surface area contributed by atoms with Crippen molar-refractivity contribution in [1.82, 2.24) is 10.2 Å². The molecule has 0 bridgehead atoms. The van der Waals surface area contributed by atoms with E-state index in [-0.39, 0.29) is 16.7 Å². The molecule has 162 valence electrons. The Hall–Kier alpha value is -3.66. The first-order valence-electron chi connectivity index (χ1n) is 9.33. The molecule has 0 saturated carbocycles. The van der Waals surface area contributed by atoms with E-state index in [0.717, 1.165) is 12.1 Å². The number of nitrogens with one attached hydrogen (secondary N) is 1. The number of halogens is 1. The summed E-state index contributed by atoms with van der Waals surface area (Å²) < 4.78 is 14.1. The van der Waals surface area contributed by atoms with Gasteiger partial charge in [-0.3, -0.25) is 29.4 Å². The van der Waals surface area contributed by atoms with Crippen molar-refractivity contribution in [2.24, 2.45) is 0 Å². The number of nitro benzene ring substituents is 1. The molecule has 2 N–H and O–H groups in total. The van der Waals surface area contributed by atoms with E-state index in [1.807, 2.05) is 0 Å². The van der Waals surface area contributed by atoms with E-state index in [1.54, 1.807) is 32.9 Å². The van der Waals surface area contributed by atoms with E-state index >= 15 is 0 Å². The third-order valence-corrected chi connectivity index (χ3v) is 4.68. The van der Waals surface area contributed by atoms with Crippen LogP contribution in [-0.2, 0) is 4.79 Å². The first kappa shape index (κ1) is 22.0. The predicted octanol–water partition coefficient (Wildman–Crippen LogP) is 2.35. The second-order valence-corrected chi connectivity index (χ2v) is 8.12. The van der Waals surface area contributed by atoms with E-state index < -0.39 is 51.8 Å². The normalized spacial score (nSPS) is 15.5. The fourth-order valence-corrected chi connectivity index (χ4v) is 3.34. The van der Waals surface area contributed by atoms with Gasteiger partial charge < -0.3 is 10.4 Å². The lowest BCUT2D eigenvalue weighted by molar-refractivity contribution is -0.387. The molecular weight excluding hydrogens is 409 g/mol. The van der Waals surface area contributed by atoms with Gasteiger partial charge in [-0.1, -0.05) is 12.1 Å². The van der Waals surface area contributed by atoms with Gasteiger partial charge in [0.1, 0.15) is 12.1 Å². The summed E-state index contributed by atoms with van der Waals surface area (Å²) in [5, 5.41) is 24.4. The van der Waals surface area contributed by atoms with Crippen LogP contribution in [0.15, 0.2) is 42.5 Å². The van der Waals surface area contributed by atoms with Gasteiger partial charge in [0.05, 0.1) is 16.1 Å². The largest absolute Gasteiger partial charge is 0.386 e. The summed E-state index contributed by atoms with van der Waals surface area (Å²) in [6.07, 6.45) is -1.83. The summed E-state index contributed by atoms with van der Waals surface area (Å²) in [5.74, 6) is -3.63. The average molecular weight is 429 g/mol. The molecule has 1 aliphatic rings. The first-order chi connectivity index (χ1) is 14.4. The minimum Gasteiger partial charge on any atom is -0.386 e. The van der Waals surface area contributed by atoms with Gasteiger partial charge >= 0.3 is 5.69 Å². The molecule has 0 fully saturated rings. The third kappa shape index (κ3) is 4.15. The molecule has 0 aromatic heterocycles. The highest BCUT2D eigenvalue weighted by Crippen LogP contribution is 2.32. The smallest absolute Gasteiger partial charge is 0.304 e. The number of carbonyl (C=O) groups is 3. The van der Waals surface area contributed by atoms with Crippen LogP contribution in [-0.4, -0.2) is 44.2 Å². The number of imide groups is 1. The van der Waals surface area contributed by atoms with Crippen LogP contribution in [0.3, 0.4) is 0 Å². The molecule has 10 heteroatoms. The molecule has 2 aromatic rings. The standard InChI is InChI=1S/C21H20FN3O6/c1-21(2,3)23-18(27)16(17(26)11-8-9-15(25(30)31)14(22)10-11)24-19(28)12-6-4-5-7-13(12)20(24)29/h4-10,16-17,26H,1-3H3,(H,23,27)/t16-,17+/m0/s1. The first-order valence-corrected chi connectivity index (χ1v) is 9.33. The topological polar surface area (TPSA) is 130 Å². The maximum absolute atomic E-state index is 14.1. The van der Waals surface area contributed by atoms with Crippen molar-refractivity contribution in [2.45, 2.75) is 38.5 Å². The van der Waals surface area contributed by atoms with Crippen molar-refractivity contribution >= 4 is 23.4 Å². The minimum absolute atomic E-state index is 0.0724. The summed E-state index contributed by atoms with van der Waals surface area (Å²) in [6.45, 7) is 5.01. The molecule has 2 atom stereocenters. The fraction of sp³-hybridized carbons (Fsp3) is 0.286. The Balaban J connectivity index is 2.07. The maximum atomic E-state index is 14.1. The molecular formula is C21H20FN3O6. The number of nitro groups is 1. The van der Waals surface area contributed by atoms with E-state index in [4.69, 9.17) is 0 Å². The summed E-state index contributed by atoms with van der Waals surface area (Å²) in [7, 11) is 0. The van der Waals surface area contributed by atoms with Gasteiger partial charge in [-0.15, -0.1) is 0 Å². The summed E-state index contributed by atoms with van der Waals surface area (Å²) >= 11 is 0. The number of benzene rings is 2. The summed E-state index contributed by atoms with van der Waals surface area (Å²) in [5.41, 5.74) is -1.64. The third-order valence-electron chi connectivity index (χ3n) is 4.68. The number of hydrogen-bond donors (Lipinski definition) is 2. The molecule has 9 nitrogen and oxygen atoms in total. The fourth-order valence-electron chi connectivity index (χ4n) is 3.34. The van der Waals surface area contributed by atoms with Crippen molar-refractivity contribution in [3.63, 3.8) is 0 Å². The quantitative estimate of drug-likeness (QED) is 0.426. The van der Waals surface area contributed by atoms with Crippen LogP contribution in [0, 0.1) is 15.9 Å². The minimum atomic E-state index is -1.83. The zero-order valence-corrected chi connectivity index (χ0v) is 17.0. The van der Waals surface area contributed by atoms with Crippen molar-refractivity contribution < 1.29 is 28.8 Å². The summed E-state index contributed by atoms with van der Waals surface area (Å²) in [6, 6.07) is 6.85. The van der Waals surface area contributed by atoms with Crippen molar-refractivity contribution in [3.8, 4) is 0 Å². The van der Waals surface area contributed by atoms with Gasteiger partial charge in [0.2, 0.25) is 11.7 Å². The number of carbonyl (C=O) groups excluding carboxylic acids is 3. The number of aliphatic hydroxyl groups excluding tert-OH is 1. The van der Waals surface area contributed by atoms with E-state index in [2.05, 4.69) is 5.32 Å². The Bertz CT molecular complexity index is 1060. The molecule has 3 amide bonds. The van der Waals surface area contributed by atoms with Crippen molar-refractivity contribution in [1.29, 1.82) is 0 Å². The molecule has 0 saturated heterocycles. The predicted molar refractivity (Wildman–Crippen MR) is 107 cm³/mol. The van der Waals surface area contributed by atoms with Gasteiger partial charge in [-0.05, 0) is 50.6 Å². The molecule has 0 unspecified atom stereocenters.